The molecule has 0 bridgehead atoms. The van der Waals surface area contributed by atoms with E-state index in [1.54, 1.807) is 30.3 Å². The number of benzene rings is 2. The average Bonchev–Trinajstić information content (AvgIpc) is 2.66. The summed E-state index contributed by atoms with van der Waals surface area (Å²) in [5, 5.41) is 28.7. The molecule has 0 spiro atoms. The molecule has 3 N–H and O–H groups in total. The molecule has 30 heavy (non-hydrogen) atoms. The molecular weight excluding hydrogens is 390 g/mol. The standard InChI is InChI=1S/C24H26F2O4/c1-15(2)22(12-11-20(27)13-21(28)14-23(29)30)24(16-3-7-18(25)8-4-16)17-5-9-19(26)10-6-17/h3-12,15,20-21,27-28H,13-14H2,1-2H3,(H,29,30)/t20-,21?/m1/s1. The van der Waals surface area contributed by atoms with E-state index in [2.05, 4.69) is 0 Å². The average molecular weight is 416 g/mol. The monoisotopic (exact) mass is 416 g/mol. The summed E-state index contributed by atoms with van der Waals surface area (Å²) < 4.78 is 26.9. The van der Waals surface area contributed by atoms with Gasteiger partial charge in [-0.2, -0.15) is 0 Å². The molecule has 2 rings (SSSR count). The summed E-state index contributed by atoms with van der Waals surface area (Å²) in [5.41, 5.74) is 3.05. The lowest BCUT2D eigenvalue weighted by Gasteiger charge is -2.18. The highest BCUT2D eigenvalue weighted by atomic mass is 19.1. The Balaban J connectivity index is 2.47. The van der Waals surface area contributed by atoms with Crippen molar-refractivity contribution in [2.45, 2.75) is 38.9 Å². The first-order valence-corrected chi connectivity index (χ1v) is 9.69. The summed E-state index contributed by atoms with van der Waals surface area (Å²) in [6, 6.07) is 11.9. The lowest BCUT2D eigenvalue weighted by atomic mass is 9.87. The Labute approximate surface area is 174 Å². The molecule has 1 unspecified atom stereocenters. The molecule has 2 atom stereocenters. The molecule has 0 fully saturated rings. The van der Waals surface area contributed by atoms with Crippen LogP contribution in [0.4, 0.5) is 8.78 Å². The summed E-state index contributed by atoms with van der Waals surface area (Å²) in [5.74, 6) is -1.89. The molecule has 4 nitrogen and oxygen atoms in total. The molecule has 0 aliphatic heterocycles. The molecule has 6 heteroatoms. The molecule has 160 valence electrons. The zero-order valence-electron chi connectivity index (χ0n) is 16.9. The van der Waals surface area contributed by atoms with Crippen LogP contribution in [0.25, 0.3) is 5.57 Å². The van der Waals surface area contributed by atoms with Gasteiger partial charge in [-0.1, -0.05) is 50.3 Å². The normalized spacial score (nSPS) is 13.4. The zero-order chi connectivity index (χ0) is 22.3. The Morgan fingerprint density at radius 3 is 1.80 bits per heavy atom. The van der Waals surface area contributed by atoms with Crippen LogP contribution in [0.15, 0.2) is 66.3 Å². The number of aliphatic carboxylic acids is 1. The summed E-state index contributed by atoms with van der Waals surface area (Å²) >= 11 is 0. The van der Waals surface area contributed by atoms with Crippen molar-refractivity contribution >= 4 is 11.5 Å². The van der Waals surface area contributed by atoms with Crippen molar-refractivity contribution in [2.24, 2.45) is 5.92 Å². The van der Waals surface area contributed by atoms with Gasteiger partial charge in [0.15, 0.2) is 0 Å². The number of halogens is 2. The topological polar surface area (TPSA) is 77.8 Å². The number of allylic oxidation sites excluding steroid dienone is 2. The molecular formula is C24H26F2O4. The Kier molecular flexibility index (Phi) is 8.45. The third kappa shape index (κ3) is 6.90. The fourth-order valence-electron chi connectivity index (χ4n) is 3.15. The van der Waals surface area contributed by atoms with Gasteiger partial charge < -0.3 is 15.3 Å². The number of aliphatic hydroxyl groups excluding tert-OH is 2. The molecule has 0 aromatic heterocycles. The van der Waals surface area contributed by atoms with E-state index in [0.717, 1.165) is 22.3 Å². The SMILES string of the molecule is CC(C)C(C=C[C@@H](O)CC(O)CC(=O)O)=C(c1ccc(F)cc1)c1ccc(F)cc1. The van der Waals surface area contributed by atoms with E-state index in [-0.39, 0.29) is 24.0 Å². The predicted octanol–water partition coefficient (Wildman–Crippen LogP) is 4.57. The highest BCUT2D eigenvalue weighted by Gasteiger charge is 2.16. The largest absolute Gasteiger partial charge is 0.481 e. The van der Waals surface area contributed by atoms with Gasteiger partial charge in [0.1, 0.15) is 11.6 Å². The van der Waals surface area contributed by atoms with E-state index in [4.69, 9.17) is 5.11 Å². The molecule has 0 aliphatic carbocycles. The van der Waals surface area contributed by atoms with E-state index in [0.29, 0.717) is 0 Å². The maximum atomic E-state index is 13.5. The van der Waals surface area contributed by atoms with Gasteiger partial charge in [-0.3, -0.25) is 4.79 Å². The highest BCUT2D eigenvalue weighted by molar-refractivity contribution is 5.83. The third-order valence-corrected chi connectivity index (χ3v) is 4.60. The van der Waals surface area contributed by atoms with E-state index in [1.165, 1.54) is 30.3 Å². The molecule has 0 aliphatic rings. The van der Waals surface area contributed by atoms with E-state index in [1.807, 2.05) is 13.8 Å². The first kappa shape index (κ1) is 23.4. The molecule has 2 aromatic carbocycles. The maximum absolute atomic E-state index is 13.5. The minimum Gasteiger partial charge on any atom is -0.481 e. The van der Waals surface area contributed by atoms with Crippen molar-refractivity contribution in [2.75, 3.05) is 0 Å². The third-order valence-electron chi connectivity index (χ3n) is 4.60. The zero-order valence-corrected chi connectivity index (χ0v) is 16.9. The number of carbonyl (C=O) groups is 1. The first-order valence-electron chi connectivity index (χ1n) is 9.69. The number of rotatable bonds is 9. The first-order chi connectivity index (χ1) is 14.2. The molecule has 0 saturated heterocycles. The van der Waals surface area contributed by atoms with Crippen LogP contribution >= 0.6 is 0 Å². The fourth-order valence-corrected chi connectivity index (χ4v) is 3.15. The molecule has 2 aromatic rings. The van der Waals surface area contributed by atoms with Crippen LogP contribution in [-0.4, -0.2) is 33.5 Å². The van der Waals surface area contributed by atoms with Gasteiger partial charge in [-0.05, 0) is 52.5 Å². The number of hydrogen-bond donors (Lipinski definition) is 3. The maximum Gasteiger partial charge on any atom is 0.305 e. The smallest absolute Gasteiger partial charge is 0.305 e. The summed E-state index contributed by atoms with van der Waals surface area (Å²) in [6.07, 6.45) is 0.432. The van der Waals surface area contributed by atoms with Crippen molar-refractivity contribution in [3.05, 3.63) is 89.0 Å². The van der Waals surface area contributed by atoms with Crippen LogP contribution in [0.2, 0.25) is 0 Å². The van der Waals surface area contributed by atoms with Crippen LogP contribution in [0.1, 0.15) is 37.8 Å². The lowest BCUT2D eigenvalue weighted by molar-refractivity contribution is -0.139. The van der Waals surface area contributed by atoms with Crippen molar-refractivity contribution < 1.29 is 28.9 Å². The van der Waals surface area contributed by atoms with Gasteiger partial charge >= 0.3 is 5.97 Å². The quantitative estimate of drug-likeness (QED) is 0.524. The van der Waals surface area contributed by atoms with Crippen LogP contribution in [-0.2, 0) is 4.79 Å². The second-order valence-corrected chi connectivity index (χ2v) is 7.41. The minimum atomic E-state index is -1.16. The summed E-state index contributed by atoms with van der Waals surface area (Å²) in [7, 11) is 0. The molecule has 0 saturated carbocycles. The van der Waals surface area contributed by atoms with Crippen LogP contribution in [0.3, 0.4) is 0 Å². The second kappa shape index (κ2) is 10.8. The van der Waals surface area contributed by atoms with Gasteiger partial charge in [-0.15, -0.1) is 0 Å². The van der Waals surface area contributed by atoms with Crippen molar-refractivity contribution in [1.82, 2.24) is 0 Å². The van der Waals surface area contributed by atoms with Crippen molar-refractivity contribution in [3.63, 3.8) is 0 Å². The minimum absolute atomic E-state index is 0.00231. The van der Waals surface area contributed by atoms with Crippen molar-refractivity contribution in [1.29, 1.82) is 0 Å². The fraction of sp³-hybridized carbons (Fsp3) is 0.292. The van der Waals surface area contributed by atoms with E-state index >= 15 is 0 Å². The molecule has 0 radical (unpaired) electrons. The number of carboxylic acids is 1. The highest BCUT2D eigenvalue weighted by Crippen LogP contribution is 2.32. The number of hydrogen-bond acceptors (Lipinski definition) is 3. The number of carboxylic acid groups (broad SMARTS) is 1. The lowest BCUT2D eigenvalue weighted by Crippen LogP contribution is -2.19. The van der Waals surface area contributed by atoms with E-state index < -0.39 is 24.6 Å². The van der Waals surface area contributed by atoms with Crippen molar-refractivity contribution in [3.8, 4) is 0 Å². The Morgan fingerprint density at radius 2 is 1.40 bits per heavy atom. The van der Waals surface area contributed by atoms with Gasteiger partial charge in [0.05, 0.1) is 18.6 Å². The van der Waals surface area contributed by atoms with Crippen LogP contribution < -0.4 is 0 Å². The van der Waals surface area contributed by atoms with Crippen LogP contribution in [0.5, 0.6) is 0 Å². The van der Waals surface area contributed by atoms with Gasteiger partial charge in [0.2, 0.25) is 0 Å². The van der Waals surface area contributed by atoms with Crippen LogP contribution in [0, 0.1) is 17.6 Å². The Bertz CT molecular complexity index is 852. The molecule has 0 heterocycles. The predicted molar refractivity (Wildman–Crippen MR) is 112 cm³/mol. The summed E-state index contributed by atoms with van der Waals surface area (Å²) in [6.45, 7) is 3.91. The Hall–Kier alpha value is -2.83. The number of aliphatic hydroxyl groups is 2. The molecule has 0 amide bonds. The second-order valence-electron chi connectivity index (χ2n) is 7.41. The van der Waals surface area contributed by atoms with Gasteiger partial charge in [0, 0.05) is 6.42 Å². The van der Waals surface area contributed by atoms with Gasteiger partial charge in [-0.25, -0.2) is 8.78 Å². The Morgan fingerprint density at radius 1 is 0.933 bits per heavy atom. The summed E-state index contributed by atoms with van der Waals surface area (Å²) in [4.78, 5) is 10.7. The van der Waals surface area contributed by atoms with Gasteiger partial charge in [0.25, 0.3) is 0 Å². The van der Waals surface area contributed by atoms with E-state index in [9.17, 15) is 23.8 Å².